The van der Waals surface area contributed by atoms with E-state index in [1.54, 1.807) is 15.9 Å². The second-order valence-electron chi connectivity index (χ2n) is 9.88. The quantitative estimate of drug-likeness (QED) is 0.434. The monoisotopic (exact) mass is 609 g/mol. The molecule has 1 aromatic heterocycles. The first-order valence-corrected chi connectivity index (χ1v) is 13.8. The van der Waals surface area contributed by atoms with Gasteiger partial charge in [0, 0.05) is 51.0 Å². The number of aromatic nitrogens is 2. The number of nitriles is 1. The summed E-state index contributed by atoms with van der Waals surface area (Å²) in [6.45, 7) is 1.74. The van der Waals surface area contributed by atoms with Crippen molar-refractivity contribution in [3.8, 4) is 23.1 Å². The lowest BCUT2D eigenvalue weighted by Crippen LogP contribution is -2.52. The van der Waals surface area contributed by atoms with Crippen molar-refractivity contribution in [3.63, 3.8) is 0 Å². The molecule has 0 bridgehead atoms. The molecule has 3 aromatic rings. The minimum absolute atomic E-state index is 0.0700. The molecule has 0 saturated carbocycles. The smallest absolute Gasteiger partial charge is 0.291 e. The summed E-state index contributed by atoms with van der Waals surface area (Å²) in [7, 11) is 1.47. The van der Waals surface area contributed by atoms with Gasteiger partial charge in [-0.3, -0.25) is 19.4 Å². The number of carbonyl (C=O) groups is 3. The molecule has 2 aliphatic heterocycles. The van der Waals surface area contributed by atoms with Crippen molar-refractivity contribution < 1.29 is 27.9 Å². The number of piperazine rings is 1. The molecule has 0 atom stereocenters. The molecule has 3 amide bonds. The third kappa shape index (κ3) is 6.05. The van der Waals surface area contributed by atoms with Crippen LogP contribution in [0.5, 0.6) is 5.75 Å². The van der Waals surface area contributed by atoms with Gasteiger partial charge < -0.3 is 24.4 Å². The Morgan fingerprint density at radius 2 is 1.79 bits per heavy atom. The van der Waals surface area contributed by atoms with Crippen molar-refractivity contribution in [2.75, 3.05) is 44.6 Å². The van der Waals surface area contributed by atoms with Gasteiger partial charge in [0.2, 0.25) is 5.82 Å². The van der Waals surface area contributed by atoms with Crippen LogP contribution in [0.1, 0.15) is 33.8 Å². The highest BCUT2D eigenvalue weighted by molar-refractivity contribution is 6.39. The van der Waals surface area contributed by atoms with E-state index in [4.69, 9.17) is 21.6 Å². The van der Waals surface area contributed by atoms with E-state index in [-0.39, 0.29) is 39.5 Å². The van der Waals surface area contributed by atoms with Crippen molar-refractivity contribution in [1.82, 2.24) is 19.4 Å². The van der Waals surface area contributed by atoms with Crippen LogP contribution >= 0.6 is 11.6 Å². The topological polar surface area (TPSA) is 133 Å². The standard InChI is InChI=1S/C29H26ClF2N7O4/c1-37-22(19-6-7-23(43-14-8-33)25(32)24(19)31)16-35-26(37)27(40)36-17-4-5-18(20(30)15-17)28(41)38-10-12-39(13-11-38)29(42)21-3-2-9-34-21/h4-7,15-16H,2-3,9-14H2,1H3,(H,36,40). The van der Waals surface area contributed by atoms with Crippen LogP contribution in [-0.4, -0.2) is 82.1 Å². The fraction of sp³-hybridized carbons (Fsp3) is 0.310. The zero-order valence-corrected chi connectivity index (χ0v) is 23.8. The molecule has 1 fully saturated rings. The maximum atomic E-state index is 14.8. The number of ether oxygens (including phenoxy) is 1. The molecule has 3 heterocycles. The Kier molecular flexibility index (Phi) is 8.68. The zero-order valence-electron chi connectivity index (χ0n) is 23.1. The predicted octanol–water partition coefficient (Wildman–Crippen LogP) is 3.69. The number of halogens is 3. The molecule has 2 aliphatic rings. The van der Waals surface area contributed by atoms with Gasteiger partial charge in [0.1, 0.15) is 6.07 Å². The van der Waals surface area contributed by atoms with Crippen LogP contribution in [-0.2, 0) is 11.8 Å². The van der Waals surface area contributed by atoms with Crippen molar-refractivity contribution in [2.45, 2.75) is 12.8 Å². The number of hydrogen-bond acceptors (Lipinski definition) is 7. The van der Waals surface area contributed by atoms with Gasteiger partial charge in [0.05, 0.1) is 28.2 Å². The zero-order chi connectivity index (χ0) is 30.7. The average Bonchev–Trinajstić information content (AvgIpc) is 3.68. The second kappa shape index (κ2) is 12.6. The third-order valence-electron chi connectivity index (χ3n) is 7.24. The Balaban J connectivity index is 1.23. The highest BCUT2D eigenvalue weighted by Crippen LogP contribution is 2.30. The van der Waals surface area contributed by atoms with Crippen molar-refractivity contribution in [1.29, 1.82) is 5.26 Å². The first kappa shape index (κ1) is 29.7. The van der Waals surface area contributed by atoms with Crippen LogP contribution in [0.3, 0.4) is 0 Å². The Hall–Kier alpha value is -4.83. The van der Waals surface area contributed by atoms with E-state index < -0.39 is 29.9 Å². The van der Waals surface area contributed by atoms with E-state index in [1.165, 1.54) is 48.1 Å². The number of nitrogens with one attached hydrogen (secondary N) is 1. The number of benzene rings is 2. The van der Waals surface area contributed by atoms with E-state index in [1.807, 2.05) is 0 Å². The van der Waals surface area contributed by atoms with Gasteiger partial charge >= 0.3 is 0 Å². The van der Waals surface area contributed by atoms with Crippen LogP contribution in [0, 0.1) is 23.0 Å². The molecule has 1 N–H and O–H groups in total. The summed E-state index contributed by atoms with van der Waals surface area (Å²) in [5.41, 5.74) is 1.11. The maximum absolute atomic E-state index is 14.8. The summed E-state index contributed by atoms with van der Waals surface area (Å²) < 4.78 is 35.4. The highest BCUT2D eigenvalue weighted by atomic mass is 35.5. The third-order valence-corrected chi connectivity index (χ3v) is 7.55. The summed E-state index contributed by atoms with van der Waals surface area (Å²) in [4.78, 5) is 50.4. The van der Waals surface area contributed by atoms with Gasteiger partial charge in [-0.15, -0.1) is 0 Å². The van der Waals surface area contributed by atoms with Crippen LogP contribution in [0.4, 0.5) is 14.5 Å². The van der Waals surface area contributed by atoms with Crippen LogP contribution in [0.2, 0.25) is 5.02 Å². The Morgan fingerprint density at radius 3 is 2.44 bits per heavy atom. The molecule has 0 radical (unpaired) electrons. The van der Waals surface area contributed by atoms with E-state index in [0.29, 0.717) is 50.5 Å². The van der Waals surface area contributed by atoms with Crippen molar-refractivity contribution >= 4 is 40.7 Å². The molecule has 0 aliphatic carbocycles. The average molecular weight is 610 g/mol. The lowest BCUT2D eigenvalue weighted by molar-refractivity contribution is -0.125. The number of rotatable bonds is 7. The largest absolute Gasteiger partial charge is 0.476 e. The SMILES string of the molecule is Cn1c(-c2ccc(OCC#N)c(F)c2F)cnc1C(=O)Nc1ccc(C(=O)N2CCN(C(=O)C3=NCCC3)CC2)c(Cl)c1. The summed E-state index contributed by atoms with van der Waals surface area (Å²) in [6.07, 6.45) is 2.80. The molecule has 43 heavy (non-hydrogen) atoms. The van der Waals surface area contributed by atoms with Crippen LogP contribution in [0.15, 0.2) is 41.5 Å². The van der Waals surface area contributed by atoms with Gasteiger partial charge in [-0.25, -0.2) is 9.37 Å². The molecule has 1 saturated heterocycles. The summed E-state index contributed by atoms with van der Waals surface area (Å²) >= 11 is 6.43. The molecule has 222 valence electrons. The molecule has 5 rings (SSSR count). The second-order valence-corrected chi connectivity index (χ2v) is 10.3. The molecule has 0 spiro atoms. The van der Waals surface area contributed by atoms with E-state index in [9.17, 15) is 23.2 Å². The summed E-state index contributed by atoms with van der Waals surface area (Å²) in [6, 6.07) is 8.59. The highest BCUT2D eigenvalue weighted by Gasteiger charge is 2.29. The minimum Gasteiger partial charge on any atom is -0.476 e. The summed E-state index contributed by atoms with van der Waals surface area (Å²) in [5.74, 6) is -3.99. The number of nitrogens with zero attached hydrogens (tertiary/aromatic N) is 6. The molecule has 14 heteroatoms. The molecule has 2 aromatic carbocycles. The number of hydrogen-bond donors (Lipinski definition) is 1. The maximum Gasteiger partial charge on any atom is 0.291 e. The molecule has 0 unspecified atom stereocenters. The van der Waals surface area contributed by atoms with E-state index >= 15 is 0 Å². The Bertz CT molecular complexity index is 1680. The Labute approximate surface area is 250 Å². The van der Waals surface area contributed by atoms with E-state index in [2.05, 4.69) is 15.3 Å². The molecular formula is C29H26ClF2N7O4. The van der Waals surface area contributed by atoms with Gasteiger partial charge in [0.25, 0.3) is 17.7 Å². The van der Waals surface area contributed by atoms with Crippen LogP contribution < -0.4 is 10.1 Å². The molecule has 11 nitrogen and oxygen atoms in total. The number of imidazole rings is 1. The molecular weight excluding hydrogens is 584 g/mol. The summed E-state index contributed by atoms with van der Waals surface area (Å²) in [5, 5.41) is 11.4. The number of anilines is 1. The fourth-order valence-electron chi connectivity index (χ4n) is 4.95. The first-order valence-electron chi connectivity index (χ1n) is 13.4. The predicted molar refractivity (Wildman–Crippen MR) is 153 cm³/mol. The number of carbonyl (C=O) groups excluding carboxylic acids is 3. The van der Waals surface area contributed by atoms with Gasteiger partial charge in [-0.2, -0.15) is 9.65 Å². The minimum atomic E-state index is -1.27. The van der Waals surface area contributed by atoms with E-state index in [0.717, 1.165) is 6.42 Å². The van der Waals surface area contributed by atoms with Gasteiger partial charge in [-0.05, 0) is 43.2 Å². The number of amides is 3. The number of aliphatic imine (C=N–C) groups is 1. The normalized spacial score (nSPS) is 14.7. The van der Waals surface area contributed by atoms with Crippen molar-refractivity contribution in [3.05, 3.63) is 64.6 Å². The lowest BCUT2D eigenvalue weighted by atomic mass is 10.1. The fourth-order valence-corrected chi connectivity index (χ4v) is 5.22. The first-order chi connectivity index (χ1) is 20.7. The van der Waals surface area contributed by atoms with Gasteiger partial charge in [0.15, 0.2) is 24.0 Å². The van der Waals surface area contributed by atoms with Crippen LogP contribution in [0.25, 0.3) is 11.3 Å². The van der Waals surface area contributed by atoms with Gasteiger partial charge in [-0.1, -0.05) is 11.6 Å². The van der Waals surface area contributed by atoms with Crippen molar-refractivity contribution in [2.24, 2.45) is 12.0 Å². The lowest BCUT2D eigenvalue weighted by Gasteiger charge is -2.35. The Morgan fingerprint density at radius 1 is 1.07 bits per heavy atom.